The van der Waals surface area contributed by atoms with Gasteiger partial charge in [0.25, 0.3) is 5.91 Å². The summed E-state index contributed by atoms with van der Waals surface area (Å²) in [5.41, 5.74) is 8.88. The molecule has 5 aromatic rings. The Kier molecular flexibility index (Phi) is 4.02. The third kappa shape index (κ3) is 2.91. The molecule has 2 heterocycles. The number of aromatic nitrogens is 1. The first-order chi connectivity index (χ1) is 14.2. The van der Waals surface area contributed by atoms with Crippen molar-refractivity contribution in [3.05, 3.63) is 84.1 Å². The molecule has 2 aromatic heterocycles. The molecule has 3 aromatic carbocycles. The van der Waals surface area contributed by atoms with Crippen LogP contribution in [-0.4, -0.2) is 11.1 Å². The van der Waals surface area contributed by atoms with Crippen LogP contribution in [0.2, 0.25) is 0 Å². The molecular formula is C23H17N3O3. The molecule has 6 heteroatoms. The van der Waals surface area contributed by atoms with E-state index in [2.05, 4.69) is 10.5 Å². The van der Waals surface area contributed by atoms with Gasteiger partial charge in [-0.05, 0) is 22.4 Å². The molecule has 0 saturated heterocycles. The lowest BCUT2D eigenvalue weighted by molar-refractivity contribution is 0.0952. The van der Waals surface area contributed by atoms with Gasteiger partial charge in [-0.2, -0.15) is 0 Å². The van der Waals surface area contributed by atoms with Gasteiger partial charge in [0.15, 0.2) is 0 Å². The summed E-state index contributed by atoms with van der Waals surface area (Å²) in [6.07, 6.45) is 1.56. The van der Waals surface area contributed by atoms with Crippen molar-refractivity contribution >= 4 is 33.5 Å². The summed E-state index contributed by atoms with van der Waals surface area (Å²) in [5, 5.41) is 10.00. The number of hydrogen-bond donors (Lipinski definition) is 2. The second-order valence-corrected chi connectivity index (χ2v) is 6.74. The number of fused-ring (bicyclic) bond motifs is 2. The Morgan fingerprint density at radius 2 is 1.72 bits per heavy atom. The number of hydrogen-bond acceptors (Lipinski definition) is 5. The number of nitrogen functional groups attached to an aromatic ring is 1. The molecule has 0 aliphatic carbocycles. The summed E-state index contributed by atoms with van der Waals surface area (Å²) < 4.78 is 10.7. The van der Waals surface area contributed by atoms with Crippen molar-refractivity contribution in [2.24, 2.45) is 0 Å². The lowest BCUT2D eigenvalue weighted by atomic mass is 10.0. The maximum absolute atomic E-state index is 13.0. The molecule has 29 heavy (non-hydrogen) atoms. The van der Waals surface area contributed by atoms with E-state index in [0.717, 1.165) is 21.7 Å². The number of rotatable bonds is 4. The zero-order chi connectivity index (χ0) is 19.8. The predicted octanol–water partition coefficient (Wildman–Crippen LogP) is 4.75. The highest BCUT2D eigenvalue weighted by atomic mass is 16.5. The number of para-hydroxylation sites is 1. The van der Waals surface area contributed by atoms with Gasteiger partial charge >= 0.3 is 0 Å². The molecule has 0 aliphatic heterocycles. The Hall–Kier alpha value is -4.06. The Bertz CT molecular complexity index is 1340. The monoisotopic (exact) mass is 383 g/mol. The maximum Gasteiger partial charge on any atom is 0.259 e. The normalized spacial score (nSPS) is 11.2. The van der Waals surface area contributed by atoms with Crippen molar-refractivity contribution < 1.29 is 13.7 Å². The molecule has 0 radical (unpaired) electrons. The molecule has 0 atom stereocenters. The van der Waals surface area contributed by atoms with Gasteiger partial charge < -0.3 is 20.0 Å². The second kappa shape index (κ2) is 6.83. The molecule has 5 rings (SSSR count). The fraction of sp³-hybridized carbons (Fsp3) is 0.0435. The van der Waals surface area contributed by atoms with E-state index in [0.29, 0.717) is 23.4 Å². The smallest absolute Gasteiger partial charge is 0.259 e. The highest BCUT2D eigenvalue weighted by molar-refractivity contribution is 6.07. The summed E-state index contributed by atoms with van der Waals surface area (Å²) in [6, 6.07) is 21.6. The van der Waals surface area contributed by atoms with Crippen LogP contribution >= 0.6 is 0 Å². The molecule has 0 saturated carbocycles. The molecular weight excluding hydrogens is 366 g/mol. The minimum atomic E-state index is -0.350. The third-order valence-electron chi connectivity index (χ3n) is 5.00. The van der Waals surface area contributed by atoms with E-state index in [4.69, 9.17) is 14.7 Å². The van der Waals surface area contributed by atoms with Crippen molar-refractivity contribution in [1.29, 1.82) is 0 Å². The van der Waals surface area contributed by atoms with Gasteiger partial charge in [0.1, 0.15) is 23.1 Å². The van der Waals surface area contributed by atoms with Gasteiger partial charge in [-0.15, -0.1) is 0 Å². The quantitative estimate of drug-likeness (QED) is 0.467. The van der Waals surface area contributed by atoms with Crippen LogP contribution in [-0.2, 0) is 6.54 Å². The Balaban J connectivity index is 1.47. The van der Waals surface area contributed by atoms with Crippen LogP contribution in [0, 0.1) is 0 Å². The van der Waals surface area contributed by atoms with Gasteiger partial charge in [-0.1, -0.05) is 65.8 Å². The molecule has 0 aliphatic rings. The molecule has 1 amide bonds. The lowest BCUT2D eigenvalue weighted by Crippen LogP contribution is -2.24. The van der Waals surface area contributed by atoms with Crippen LogP contribution in [0.15, 0.2) is 81.9 Å². The standard InChI is InChI=1S/C23H17N3O3/c24-22-20(21(26-29-22)18-13-28-19-11-4-3-10-17(18)19)23(27)25-12-15-8-5-7-14-6-1-2-9-16(14)15/h1-11,13H,12,24H2,(H,25,27). The van der Waals surface area contributed by atoms with E-state index in [1.807, 2.05) is 66.7 Å². The lowest BCUT2D eigenvalue weighted by Gasteiger charge is -2.08. The van der Waals surface area contributed by atoms with Crippen molar-refractivity contribution in [2.75, 3.05) is 5.73 Å². The average molecular weight is 383 g/mol. The van der Waals surface area contributed by atoms with Gasteiger partial charge in [0, 0.05) is 11.9 Å². The number of amides is 1. The summed E-state index contributed by atoms with van der Waals surface area (Å²) in [6.45, 7) is 0.358. The summed E-state index contributed by atoms with van der Waals surface area (Å²) in [4.78, 5) is 13.0. The van der Waals surface area contributed by atoms with Gasteiger partial charge in [0.05, 0.1) is 5.56 Å². The van der Waals surface area contributed by atoms with Crippen LogP contribution in [0.3, 0.4) is 0 Å². The maximum atomic E-state index is 13.0. The molecule has 0 unspecified atom stereocenters. The van der Waals surface area contributed by atoms with Crippen molar-refractivity contribution in [3.63, 3.8) is 0 Å². The Morgan fingerprint density at radius 1 is 0.966 bits per heavy atom. The number of nitrogens with two attached hydrogens (primary N) is 1. The molecule has 0 spiro atoms. The zero-order valence-corrected chi connectivity index (χ0v) is 15.4. The van der Waals surface area contributed by atoms with E-state index in [1.165, 1.54) is 0 Å². The average Bonchev–Trinajstić information content (AvgIpc) is 3.35. The summed E-state index contributed by atoms with van der Waals surface area (Å²) in [5.74, 6) is -0.377. The van der Waals surface area contributed by atoms with Crippen molar-refractivity contribution in [1.82, 2.24) is 10.5 Å². The van der Waals surface area contributed by atoms with Crippen LogP contribution < -0.4 is 11.1 Å². The van der Waals surface area contributed by atoms with Gasteiger partial charge in [0.2, 0.25) is 5.88 Å². The van der Waals surface area contributed by atoms with E-state index in [9.17, 15) is 4.79 Å². The van der Waals surface area contributed by atoms with Crippen LogP contribution in [0.5, 0.6) is 0 Å². The number of anilines is 1. The second-order valence-electron chi connectivity index (χ2n) is 6.74. The molecule has 3 N–H and O–H groups in total. The highest BCUT2D eigenvalue weighted by Crippen LogP contribution is 2.34. The van der Waals surface area contributed by atoms with Crippen LogP contribution in [0.1, 0.15) is 15.9 Å². The number of benzene rings is 3. The van der Waals surface area contributed by atoms with E-state index in [1.54, 1.807) is 6.26 Å². The van der Waals surface area contributed by atoms with Crippen molar-refractivity contribution in [2.45, 2.75) is 6.54 Å². The van der Waals surface area contributed by atoms with Gasteiger partial charge in [-0.25, -0.2) is 0 Å². The van der Waals surface area contributed by atoms with Crippen LogP contribution in [0.25, 0.3) is 33.0 Å². The molecule has 142 valence electrons. The van der Waals surface area contributed by atoms with E-state index < -0.39 is 0 Å². The zero-order valence-electron chi connectivity index (χ0n) is 15.4. The Labute approximate surface area is 165 Å². The van der Waals surface area contributed by atoms with Gasteiger partial charge in [-0.3, -0.25) is 4.79 Å². The first-order valence-corrected chi connectivity index (χ1v) is 9.19. The molecule has 0 fully saturated rings. The predicted molar refractivity (Wildman–Crippen MR) is 111 cm³/mol. The number of furan rings is 1. The summed E-state index contributed by atoms with van der Waals surface area (Å²) >= 11 is 0. The number of carbonyl (C=O) groups excluding carboxylic acids is 1. The minimum absolute atomic E-state index is 0.0271. The largest absolute Gasteiger partial charge is 0.464 e. The minimum Gasteiger partial charge on any atom is -0.464 e. The fourth-order valence-electron chi connectivity index (χ4n) is 3.58. The molecule has 0 bridgehead atoms. The van der Waals surface area contributed by atoms with Crippen molar-refractivity contribution in [3.8, 4) is 11.3 Å². The van der Waals surface area contributed by atoms with Crippen LogP contribution in [0.4, 0.5) is 5.88 Å². The SMILES string of the molecule is Nc1onc(-c2coc3ccccc23)c1C(=O)NCc1cccc2ccccc12. The summed E-state index contributed by atoms with van der Waals surface area (Å²) in [7, 11) is 0. The van der Waals surface area contributed by atoms with E-state index >= 15 is 0 Å². The topological polar surface area (TPSA) is 94.3 Å². The number of nitrogens with one attached hydrogen (secondary N) is 1. The molecule has 6 nitrogen and oxygen atoms in total. The number of carbonyl (C=O) groups is 1. The number of nitrogens with zero attached hydrogens (tertiary/aromatic N) is 1. The van der Waals surface area contributed by atoms with E-state index in [-0.39, 0.29) is 17.4 Å². The highest BCUT2D eigenvalue weighted by Gasteiger charge is 2.25. The first-order valence-electron chi connectivity index (χ1n) is 9.19. The fourth-order valence-corrected chi connectivity index (χ4v) is 3.58. The third-order valence-corrected chi connectivity index (χ3v) is 5.00. The first kappa shape index (κ1) is 17.1. The Morgan fingerprint density at radius 3 is 2.62 bits per heavy atom.